The van der Waals surface area contributed by atoms with E-state index in [2.05, 4.69) is 9.72 Å². The minimum atomic E-state index is -1.16. The molecule has 1 fully saturated rings. The lowest BCUT2D eigenvalue weighted by Crippen LogP contribution is -2.35. The Hall–Kier alpha value is -1.62. The molecule has 1 aliphatic carbocycles. The number of hydrogen-bond acceptors (Lipinski definition) is 5. The zero-order chi connectivity index (χ0) is 12.5. The van der Waals surface area contributed by atoms with E-state index in [1.54, 1.807) is 25.4 Å². The Labute approximate surface area is 99.4 Å². The summed E-state index contributed by atoms with van der Waals surface area (Å²) >= 11 is 0. The summed E-state index contributed by atoms with van der Waals surface area (Å²) in [5, 5.41) is 9.97. The van der Waals surface area contributed by atoms with Crippen LogP contribution >= 0.6 is 0 Å². The third-order valence-corrected chi connectivity index (χ3v) is 3.21. The highest BCUT2D eigenvalue weighted by Crippen LogP contribution is 2.50. The number of carbonyl (C=O) groups is 1. The molecule has 1 N–H and O–H groups in total. The molecule has 1 aromatic rings. The van der Waals surface area contributed by atoms with Crippen LogP contribution in [-0.2, 0) is 14.9 Å². The summed E-state index contributed by atoms with van der Waals surface area (Å²) in [6.07, 6.45) is 1.90. The largest absolute Gasteiger partial charge is 0.497 e. The number of rotatable bonds is 4. The SMILES string of the molecule is COC(=O)C(O)C1(c2cc(OC)ccn2)CC1. The van der Waals surface area contributed by atoms with Gasteiger partial charge in [0, 0.05) is 17.7 Å². The van der Waals surface area contributed by atoms with Crippen molar-refractivity contribution in [1.29, 1.82) is 0 Å². The van der Waals surface area contributed by atoms with Crippen LogP contribution < -0.4 is 4.74 Å². The summed E-state index contributed by atoms with van der Waals surface area (Å²) in [6, 6.07) is 3.48. The summed E-state index contributed by atoms with van der Waals surface area (Å²) < 4.78 is 9.67. The molecule has 0 spiro atoms. The minimum absolute atomic E-state index is 0.596. The summed E-state index contributed by atoms with van der Waals surface area (Å²) in [4.78, 5) is 15.6. The number of esters is 1. The zero-order valence-corrected chi connectivity index (χ0v) is 9.84. The van der Waals surface area contributed by atoms with E-state index >= 15 is 0 Å². The van der Waals surface area contributed by atoms with Gasteiger partial charge in [-0.25, -0.2) is 4.79 Å². The number of methoxy groups -OCH3 is 2. The van der Waals surface area contributed by atoms with E-state index in [-0.39, 0.29) is 0 Å². The van der Waals surface area contributed by atoms with Crippen LogP contribution in [0.3, 0.4) is 0 Å². The van der Waals surface area contributed by atoms with Crippen LogP contribution in [0.15, 0.2) is 18.3 Å². The van der Waals surface area contributed by atoms with E-state index in [1.165, 1.54) is 7.11 Å². The lowest BCUT2D eigenvalue weighted by Gasteiger charge is -2.19. The molecule has 92 valence electrons. The van der Waals surface area contributed by atoms with Gasteiger partial charge in [0.05, 0.1) is 19.9 Å². The van der Waals surface area contributed by atoms with Crippen molar-refractivity contribution in [2.45, 2.75) is 24.4 Å². The van der Waals surface area contributed by atoms with Crippen molar-refractivity contribution >= 4 is 5.97 Å². The van der Waals surface area contributed by atoms with Gasteiger partial charge in [-0.2, -0.15) is 0 Å². The van der Waals surface area contributed by atoms with Crippen LogP contribution in [0.1, 0.15) is 18.5 Å². The Kier molecular flexibility index (Phi) is 3.02. The molecule has 5 nitrogen and oxygen atoms in total. The van der Waals surface area contributed by atoms with Crippen molar-refractivity contribution in [3.63, 3.8) is 0 Å². The molecular formula is C12H15NO4. The first-order valence-corrected chi connectivity index (χ1v) is 5.40. The van der Waals surface area contributed by atoms with Crippen LogP contribution in [0, 0.1) is 0 Å². The van der Waals surface area contributed by atoms with Gasteiger partial charge in [0.15, 0.2) is 6.10 Å². The maximum Gasteiger partial charge on any atom is 0.335 e. The molecule has 1 aromatic heterocycles. The van der Waals surface area contributed by atoms with Crippen LogP contribution in [0.4, 0.5) is 0 Å². The van der Waals surface area contributed by atoms with Gasteiger partial charge in [0.25, 0.3) is 0 Å². The van der Waals surface area contributed by atoms with Crippen molar-refractivity contribution in [2.75, 3.05) is 14.2 Å². The molecule has 0 aromatic carbocycles. The fourth-order valence-corrected chi connectivity index (χ4v) is 1.95. The number of pyridine rings is 1. The van der Waals surface area contributed by atoms with Gasteiger partial charge >= 0.3 is 5.97 Å². The van der Waals surface area contributed by atoms with Gasteiger partial charge in [-0.15, -0.1) is 0 Å². The molecule has 0 aliphatic heterocycles. The standard InChI is InChI=1S/C12H15NO4/c1-16-8-3-6-13-9(7-8)12(4-5-12)10(14)11(15)17-2/h3,6-7,10,14H,4-5H2,1-2H3. The van der Waals surface area contributed by atoms with Crippen molar-refractivity contribution in [1.82, 2.24) is 4.98 Å². The fourth-order valence-electron chi connectivity index (χ4n) is 1.95. The number of ether oxygens (including phenoxy) is 2. The quantitative estimate of drug-likeness (QED) is 0.779. The van der Waals surface area contributed by atoms with Crippen molar-refractivity contribution < 1.29 is 19.4 Å². The molecule has 0 amide bonds. The lowest BCUT2D eigenvalue weighted by atomic mass is 9.94. The zero-order valence-electron chi connectivity index (χ0n) is 9.84. The van der Waals surface area contributed by atoms with Gasteiger partial charge < -0.3 is 14.6 Å². The first kappa shape index (κ1) is 11.9. The van der Waals surface area contributed by atoms with E-state index in [9.17, 15) is 9.90 Å². The first-order chi connectivity index (χ1) is 8.14. The maximum absolute atomic E-state index is 11.4. The molecule has 2 rings (SSSR count). The summed E-state index contributed by atoms with van der Waals surface area (Å²) in [5.74, 6) is 0.0467. The predicted molar refractivity (Wildman–Crippen MR) is 59.7 cm³/mol. The molecule has 1 aliphatic rings. The van der Waals surface area contributed by atoms with E-state index in [0.717, 1.165) is 12.8 Å². The van der Waals surface area contributed by atoms with Crippen LogP contribution in [0.25, 0.3) is 0 Å². The summed E-state index contributed by atoms with van der Waals surface area (Å²) in [6.45, 7) is 0. The highest BCUT2D eigenvalue weighted by atomic mass is 16.5. The predicted octanol–water partition coefficient (Wildman–Crippen LogP) is 0.656. The van der Waals surface area contributed by atoms with E-state index < -0.39 is 17.5 Å². The second kappa shape index (κ2) is 4.33. The fraction of sp³-hybridized carbons (Fsp3) is 0.500. The second-order valence-electron chi connectivity index (χ2n) is 4.16. The van der Waals surface area contributed by atoms with Gasteiger partial charge in [-0.05, 0) is 18.9 Å². The van der Waals surface area contributed by atoms with Crippen LogP contribution in [0.5, 0.6) is 5.75 Å². The van der Waals surface area contributed by atoms with E-state index in [0.29, 0.717) is 11.4 Å². The van der Waals surface area contributed by atoms with Gasteiger partial charge in [0.2, 0.25) is 0 Å². The number of carbonyl (C=O) groups excluding carboxylic acids is 1. The Morgan fingerprint density at radius 3 is 2.76 bits per heavy atom. The molecule has 1 atom stereocenters. The number of aromatic nitrogens is 1. The average Bonchev–Trinajstić information content (AvgIpc) is 3.18. The normalized spacial score (nSPS) is 18.3. The van der Waals surface area contributed by atoms with Gasteiger partial charge in [-0.1, -0.05) is 0 Å². The van der Waals surface area contributed by atoms with Crippen molar-refractivity contribution in [3.8, 4) is 5.75 Å². The second-order valence-corrected chi connectivity index (χ2v) is 4.16. The highest BCUT2D eigenvalue weighted by Gasteiger charge is 2.55. The molecule has 1 saturated carbocycles. The summed E-state index contributed by atoms with van der Waals surface area (Å²) in [7, 11) is 2.83. The van der Waals surface area contributed by atoms with Crippen LogP contribution in [-0.4, -0.2) is 36.4 Å². The molecule has 1 unspecified atom stereocenters. The molecule has 0 radical (unpaired) electrons. The van der Waals surface area contributed by atoms with Gasteiger partial charge in [-0.3, -0.25) is 4.98 Å². The van der Waals surface area contributed by atoms with E-state index in [4.69, 9.17) is 4.74 Å². The highest BCUT2D eigenvalue weighted by molar-refractivity contribution is 5.77. The Morgan fingerprint density at radius 1 is 1.53 bits per heavy atom. The van der Waals surface area contributed by atoms with Crippen molar-refractivity contribution in [3.05, 3.63) is 24.0 Å². The third-order valence-electron chi connectivity index (χ3n) is 3.21. The van der Waals surface area contributed by atoms with E-state index in [1.807, 2.05) is 0 Å². The number of aliphatic hydroxyl groups is 1. The van der Waals surface area contributed by atoms with Crippen LogP contribution in [0.2, 0.25) is 0 Å². The molecule has 5 heteroatoms. The Bertz CT molecular complexity index is 428. The maximum atomic E-state index is 11.4. The topological polar surface area (TPSA) is 68.7 Å². The number of aliphatic hydroxyl groups excluding tert-OH is 1. The van der Waals surface area contributed by atoms with Crippen molar-refractivity contribution in [2.24, 2.45) is 0 Å². The minimum Gasteiger partial charge on any atom is -0.497 e. The number of hydrogen-bond donors (Lipinski definition) is 1. The molecule has 0 bridgehead atoms. The third kappa shape index (κ3) is 1.98. The smallest absolute Gasteiger partial charge is 0.335 e. The molecular weight excluding hydrogens is 222 g/mol. The summed E-state index contributed by atoms with van der Waals surface area (Å²) in [5.41, 5.74) is 0.0801. The lowest BCUT2D eigenvalue weighted by molar-refractivity contribution is -0.152. The molecule has 1 heterocycles. The first-order valence-electron chi connectivity index (χ1n) is 5.40. The Morgan fingerprint density at radius 2 is 2.24 bits per heavy atom. The average molecular weight is 237 g/mol. The monoisotopic (exact) mass is 237 g/mol. The molecule has 0 saturated heterocycles. The Balaban J connectivity index is 2.29. The number of nitrogens with zero attached hydrogens (tertiary/aromatic N) is 1. The van der Waals surface area contributed by atoms with Gasteiger partial charge in [0.1, 0.15) is 5.75 Å². The molecule has 17 heavy (non-hydrogen) atoms.